The van der Waals surface area contributed by atoms with Crippen LogP contribution in [0.2, 0.25) is 0 Å². The molecule has 2 rings (SSSR count). The molecular weight excluding hydrogens is 256 g/mol. The third-order valence-electron chi connectivity index (χ3n) is 2.87. The van der Waals surface area contributed by atoms with E-state index in [1.165, 1.54) is 5.56 Å². The van der Waals surface area contributed by atoms with Crippen LogP contribution in [-0.2, 0) is 6.54 Å². The summed E-state index contributed by atoms with van der Waals surface area (Å²) in [5.41, 5.74) is 8.55. The highest BCUT2D eigenvalue weighted by Gasteiger charge is 2.07. The molecular formula is C14H16N4S. The molecule has 0 aliphatic heterocycles. The summed E-state index contributed by atoms with van der Waals surface area (Å²) in [5, 5.41) is 0. The third kappa shape index (κ3) is 3.48. The van der Waals surface area contributed by atoms with Crippen LogP contribution in [0.5, 0.6) is 0 Å². The van der Waals surface area contributed by atoms with Crippen LogP contribution < -0.4 is 10.6 Å². The van der Waals surface area contributed by atoms with Crippen molar-refractivity contribution in [1.82, 2.24) is 9.97 Å². The Balaban J connectivity index is 2.22. The van der Waals surface area contributed by atoms with Crippen LogP contribution in [0.25, 0.3) is 0 Å². The van der Waals surface area contributed by atoms with Gasteiger partial charge in [0.25, 0.3) is 0 Å². The molecule has 0 unspecified atom stereocenters. The van der Waals surface area contributed by atoms with Crippen LogP contribution in [-0.4, -0.2) is 21.5 Å². The summed E-state index contributed by atoms with van der Waals surface area (Å²) in [6, 6.07) is 7.91. The van der Waals surface area contributed by atoms with E-state index in [4.69, 9.17) is 18.0 Å². The molecule has 2 N–H and O–H groups in total. The molecule has 0 saturated heterocycles. The predicted molar refractivity (Wildman–Crippen MR) is 81.1 cm³/mol. The lowest BCUT2D eigenvalue weighted by Crippen LogP contribution is -2.23. The third-order valence-corrected chi connectivity index (χ3v) is 3.07. The molecule has 2 heterocycles. The topological polar surface area (TPSA) is 55.0 Å². The average Bonchev–Trinajstić information content (AvgIpc) is 2.46. The van der Waals surface area contributed by atoms with Gasteiger partial charge in [-0.2, -0.15) is 0 Å². The van der Waals surface area contributed by atoms with Gasteiger partial charge in [-0.15, -0.1) is 0 Å². The van der Waals surface area contributed by atoms with Crippen molar-refractivity contribution in [2.75, 3.05) is 11.4 Å². The molecule has 0 aromatic carbocycles. The largest absolute Gasteiger partial charge is 0.388 e. The summed E-state index contributed by atoms with van der Waals surface area (Å²) in [6.07, 6.45) is 5.34. The predicted octanol–water partition coefficient (Wildman–Crippen LogP) is 2.14. The van der Waals surface area contributed by atoms with E-state index in [9.17, 15) is 0 Å². The van der Waals surface area contributed by atoms with Gasteiger partial charge in [-0.3, -0.25) is 9.97 Å². The number of hydrogen-bond donors (Lipinski definition) is 1. The molecule has 0 saturated carbocycles. The molecule has 19 heavy (non-hydrogen) atoms. The van der Waals surface area contributed by atoms with E-state index < -0.39 is 0 Å². The van der Waals surface area contributed by atoms with Crippen molar-refractivity contribution in [2.45, 2.75) is 13.5 Å². The van der Waals surface area contributed by atoms with Gasteiger partial charge in [0.2, 0.25) is 0 Å². The van der Waals surface area contributed by atoms with Crippen LogP contribution in [0.15, 0.2) is 42.9 Å². The second-order valence-electron chi connectivity index (χ2n) is 4.13. The normalized spacial score (nSPS) is 10.2. The van der Waals surface area contributed by atoms with Gasteiger partial charge >= 0.3 is 0 Å². The lowest BCUT2D eigenvalue weighted by atomic mass is 10.2. The summed E-state index contributed by atoms with van der Waals surface area (Å²) in [4.78, 5) is 10.7. The molecule has 0 spiro atoms. The standard InChI is InChI=1S/C14H16N4S/c1-2-18(10-11-3-6-16-7-4-11)12-5-8-17-13(9-12)14(15)19/h3-9H,2,10H2,1H3,(H2,15,19). The second kappa shape index (κ2) is 6.24. The maximum absolute atomic E-state index is 5.62. The van der Waals surface area contributed by atoms with E-state index in [1.807, 2.05) is 24.3 Å². The van der Waals surface area contributed by atoms with Crippen molar-refractivity contribution in [1.29, 1.82) is 0 Å². The van der Waals surface area contributed by atoms with Gasteiger partial charge in [0.05, 0.1) is 5.69 Å². The summed E-state index contributed by atoms with van der Waals surface area (Å²) in [7, 11) is 0. The Morgan fingerprint density at radius 2 is 2.00 bits per heavy atom. The van der Waals surface area contributed by atoms with Crippen molar-refractivity contribution in [3.8, 4) is 0 Å². The minimum Gasteiger partial charge on any atom is -0.388 e. The monoisotopic (exact) mass is 272 g/mol. The molecule has 4 nitrogen and oxygen atoms in total. The molecule has 2 aromatic heterocycles. The van der Waals surface area contributed by atoms with E-state index in [0.29, 0.717) is 10.7 Å². The second-order valence-corrected chi connectivity index (χ2v) is 4.57. The number of aromatic nitrogens is 2. The number of hydrogen-bond acceptors (Lipinski definition) is 4. The quantitative estimate of drug-likeness (QED) is 0.845. The van der Waals surface area contributed by atoms with Gasteiger partial charge in [0.15, 0.2) is 0 Å². The fourth-order valence-electron chi connectivity index (χ4n) is 1.85. The Hall–Kier alpha value is -2.01. The Kier molecular flexibility index (Phi) is 4.41. The average molecular weight is 272 g/mol. The molecule has 2 aromatic rings. The number of thiocarbonyl (C=S) groups is 1. The fraction of sp³-hybridized carbons (Fsp3) is 0.214. The zero-order valence-electron chi connectivity index (χ0n) is 10.8. The Morgan fingerprint density at radius 3 is 2.63 bits per heavy atom. The lowest BCUT2D eigenvalue weighted by Gasteiger charge is -2.23. The number of pyridine rings is 2. The van der Waals surface area contributed by atoms with Gasteiger partial charge in [-0.05, 0) is 36.8 Å². The zero-order valence-corrected chi connectivity index (χ0v) is 11.6. The molecule has 98 valence electrons. The van der Waals surface area contributed by atoms with Crippen molar-refractivity contribution >= 4 is 22.9 Å². The lowest BCUT2D eigenvalue weighted by molar-refractivity contribution is 0.829. The number of nitrogens with zero attached hydrogens (tertiary/aromatic N) is 3. The molecule has 0 atom stereocenters. The van der Waals surface area contributed by atoms with Crippen LogP contribution in [0.4, 0.5) is 5.69 Å². The number of anilines is 1. The van der Waals surface area contributed by atoms with E-state index in [0.717, 1.165) is 18.8 Å². The Labute approximate surface area is 118 Å². The van der Waals surface area contributed by atoms with E-state index in [2.05, 4.69) is 21.8 Å². The molecule has 0 radical (unpaired) electrons. The van der Waals surface area contributed by atoms with Gasteiger partial charge in [0.1, 0.15) is 4.99 Å². The first kappa shape index (κ1) is 13.4. The molecule has 5 heteroatoms. The number of rotatable bonds is 5. The maximum atomic E-state index is 5.62. The smallest absolute Gasteiger partial charge is 0.122 e. The first-order valence-electron chi connectivity index (χ1n) is 6.10. The van der Waals surface area contributed by atoms with Gasteiger partial charge in [-0.1, -0.05) is 12.2 Å². The first-order chi connectivity index (χ1) is 9.20. The molecule has 0 aliphatic carbocycles. The minimum absolute atomic E-state index is 0.321. The van der Waals surface area contributed by atoms with Gasteiger partial charge in [0, 0.05) is 37.4 Å². The fourth-order valence-corrected chi connectivity index (χ4v) is 1.96. The van der Waals surface area contributed by atoms with E-state index >= 15 is 0 Å². The highest BCUT2D eigenvalue weighted by molar-refractivity contribution is 7.80. The molecule has 0 aliphatic rings. The van der Waals surface area contributed by atoms with Crippen molar-refractivity contribution in [2.24, 2.45) is 5.73 Å². The van der Waals surface area contributed by atoms with Crippen molar-refractivity contribution < 1.29 is 0 Å². The van der Waals surface area contributed by atoms with Gasteiger partial charge in [-0.25, -0.2) is 0 Å². The van der Waals surface area contributed by atoms with Gasteiger partial charge < -0.3 is 10.6 Å². The summed E-state index contributed by atoms with van der Waals surface area (Å²) in [6.45, 7) is 3.82. The maximum Gasteiger partial charge on any atom is 0.122 e. The first-order valence-corrected chi connectivity index (χ1v) is 6.51. The Bertz CT molecular complexity index is 556. The molecule has 0 amide bonds. The molecule has 0 fully saturated rings. The van der Waals surface area contributed by atoms with E-state index in [1.54, 1.807) is 18.6 Å². The summed E-state index contributed by atoms with van der Waals surface area (Å²) >= 11 is 4.96. The Morgan fingerprint density at radius 1 is 1.26 bits per heavy atom. The van der Waals surface area contributed by atoms with E-state index in [-0.39, 0.29) is 0 Å². The van der Waals surface area contributed by atoms with Crippen molar-refractivity contribution in [3.05, 3.63) is 54.1 Å². The molecule has 0 bridgehead atoms. The van der Waals surface area contributed by atoms with Crippen molar-refractivity contribution in [3.63, 3.8) is 0 Å². The van der Waals surface area contributed by atoms with Crippen LogP contribution >= 0.6 is 12.2 Å². The number of nitrogens with two attached hydrogens (primary N) is 1. The van der Waals surface area contributed by atoms with Crippen LogP contribution in [0.3, 0.4) is 0 Å². The summed E-state index contributed by atoms with van der Waals surface area (Å²) < 4.78 is 0. The minimum atomic E-state index is 0.321. The van der Waals surface area contributed by atoms with Crippen LogP contribution in [0.1, 0.15) is 18.2 Å². The zero-order chi connectivity index (χ0) is 13.7. The van der Waals surface area contributed by atoms with Crippen LogP contribution in [0, 0.1) is 0 Å². The highest BCUT2D eigenvalue weighted by Crippen LogP contribution is 2.17. The summed E-state index contributed by atoms with van der Waals surface area (Å²) in [5.74, 6) is 0. The SMILES string of the molecule is CCN(Cc1ccncc1)c1ccnc(C(N)=S)c1. The highest BCUT2D eigenvalue weighted by atomic mass is 32.1.